The molecule has 0 aromatic heterocycles. The van der Waals surface area contributed by atoms with Crippen LogP contribution in [0.4, 0.5) is 9.59 Å². The molecule has 444 valence electrons. The molecular weight excluding hydrogens is 1100 g/mol. The molecule has 0 spiro atoms. The van der Waals surface area contributed by atoms with E-state index in [1.165, 1.54) is 0 Å². The van der Waals surface area contributed by atoms with Gasteiger partial charge in [-0.2, -0.15) is 0 Å². The first kappa shape index (κ1) is 59.6. The lowest BCUT2D eigenvalue weighted by atomic mass is 9.84. The van der Waals surface area contributed by atoms with E-state index in [2.05, 4.69) is 55.7 Å². The zero-order valence-electron chi connectivity index (χ0n) is 47.9. The predicted molar refractivity (Wildman–Crippen MR) is 318 cm³/mol. The molecule has 4 heterocycles. The van der Waals surface area contributed by atoms with Gasteiger partial charge in [0, 0.05) is 17.5 Å². The fourth-order valence-corrected chi connectivity index (χ4v) is 21.6. The van der Waals surface area contributed by atoms with Crippen molar-refractivity contribution in [3.05, 3.63) is 193 Å². The molecule has 11 rings (SSSR count). The van der Waals surface area contributed by atoms with Crippen LogP contribution in [0, 0.1) is 5.92 Å². The Kier molecular flexibility index (Phi) is 17.8. The van der Waals surface area contributed by atoms with Crippen molar-refractivity contribution in [1.29, 1.82) is 0 Å². The summed E-state index contributed by atoms with van der Waals surface area (Å²) in [6.45, 7) is 10.5. The standard InChI is InChI=1S/C65H77N3O14Si2/c1-64(2,3)84(45-32-20-10-21-33-45,46-34-22-11-23-35-46)76-40-50-53(69)47(37-65(4,5)83(73,43-28-16-8-17-29-43)44-30-18-9-19-31-44)60(77-50)81-58-55(48(66)36-49-56(58)82-63(72)67-49)79-61-52(68-62(71)75-38-41-24-12-6-13-25-41)54(70)57-51(78-61)39-74-59(80-57)42-26-14-7-15-27-42/h6-35,47-61,69-70,73H,36-40,66H2,1-5H3,(H,67,72)(H,68,71)/t47-,48+,49-,50-,51-,52-,53+,54-,55-,56+,57-,58+,59?,60+,61-/m1/s1. The topological polar surface area (TPSA) is 228 Å². The summed E-state index contributed by atoms with van der Waals surface area (Å²) in [6.07, 6.45) is -13.7. The molecule has 15 atom stereocenters. The molecule has 17 nitrogen and oxygen atoms in total. The molecule has 0 radical (unpaired) electrons. The summed E-state index contributed by atoms with van der Waals surface area (Å²) in [7, 11) is -6.95. The summed E-state index contributed by atoms with van der Waals surface area (Å²) in [5.74, 6) is -0.849. The Morgan fingerprint density at radius 3 is 1.79 bits per heavy atom. The van der Waals surface area contributed by atoms with E-state index in [-0.39, 0.29) is 32.7 Å². The van der Waals surface area contributed by atoms with E-state index in [4.69, 9.17) is 48.1 Å². The maximum absolute atomic E-state index is 13.9. The van der Waals surface area contributed by atoms with Gasteiger partial charge in [0.15, 0.2) is 25.0 Å². The zero-order valence-corrected chi connectivity index (χ0v) is 49.9. The highest BCUT2D eigenvalue weighted by molar-refractivity contribution is 6.99. The summed E-state index contributed by atoms with van der Waals surface area (Å²) in [4.78, 5) is 40.8. The Morgan fingerprint density at radius 1 is 0.679 bits per heavy atom. The third-order valence-corrected chi connectivity index (χ3v) is 27.0. The van der Waals surface area contributed by atoms with Crippen LogP contribution in [-0.4, -0.2) is 137 Å². The fourth-order valence-electron chi connectivity index (χ4n) is 13.3. The van der Waals surface area contributed by atoms with Crippen LogP contribution in [0.5, 0.6) is 0 Å². The minimum atomic E-state index is -3.74. The number of carbonyl (C=O) groups excluding carboxylic acids is 2. The number of benzene rings is 6. The van der Waals surface area contributed by atoms with Crippen molar-refractivity contribution in [1.82, 2.24) is 10.6 Å². The number of ether oxygens (including phenoxy) is 8. The summed E-state index contributed by atoms with van der Waals surface area (Å²) < 4.78 is 59.9. The SMILES string of the molecule is CC(C)(C[C@H]1[C@H](O[C@@H]2[C@H]3OC(=O)N[C@@H]3C[C@H](N)[C@H]2O[C@H]2O[C@@H]3COC(c4ccccc4)O[C@H]3[C@H](O)[C@H]2NC(=O)OCc2ccccc2)O[C@H](CO[Si](c2ccccc2)(c2ccccc2)C(C)(C)C)[C@H]1O)[Si](O)(c1ccccc1)c1ccccc1. The Bertz CT molecular complexity index is 3040. The third-order valence-electron chi connectivity index (χ3n) is 17.5. The predicted octanol–water partition coefficient (Wildman–Crippen LogP) is 5.66. The van der Waals surface area contributed by atoms with Gasteiger partial charge in [0.05, 0.1) is 25.4 Å². The van der Waals surface area contributed by atoms with Crippen molar-refractivity contribution in [3.8, 4) is 0 Å². The molecule has 1 unspecified atom stereocenters. The normalized spacial score (nSPS) is 29.9. The van der Waals surface area contributed by atoms with E-state index in [0.717, 1.165) is 31.9 Å². The number of nitrogens with two attached hydrogens (primary N) is 1. The second kappa shape index (κ2) is 25.1. The minimum Gasteiger partial charge on any atom is -0.445 e. The number of nitrogens with one attached hydrogen (secondary N) is 2. The highest BCUT2D eigenvalue weighted by Gasteiger charge is 2.61. The van der Waals surface area contributed by atoms with Crippen molar-refractivity contribution in [2.45, 2.75) is 150 Å². The number of aliphatic hydroxyl groups is 2. The number of amides is 2. The number of alkyl carbamates (subject to hydrolysis) is 2. The van der Waals surface area contributed by atoms with E-state index in [9.17, 15) is 24.6 Å². The Morgan fingerprint density at radius 2 is 1.21 bits per heavy atom. The molecule has 5 aliphatic rings. The number of aliphatic hydroxyl groups excluding tert-OH is 2. The first-order valence-corrected chi connectivity index (χ1v) is 32.9. The largest absolute Gasteiger partial charge is 0.445 e. The highest BCUT2D eigenvalue weighted by atomic mass is 28.4. The molecule has 84 heavy (non-hydrogen) atoms. The smallest absolute Gasteiger partial charge is 0.407 e. The van der Waals surface area contributed by atoms with E-state index >= 15 is 0 Å². The second-order valence-electron chi connectivity index (χ2n) is 24.4. The molecule has 19 heteroatoms. The lowest BCUT2D eigenvalue weighted by molar-refractivity contribution is -0.357. The Balaban J connectivity index is 0.948. The van der Waals surface area contributed by atoms with Gasteiger partial charge in [-0.25, -0.2) is 9.59 Å². The van der Waals surface area contributed by atoms with E-state index in [1.807, 2.05) is 172 Å². The van der Waals surface area contributed by atoms with Crippen molar-refractivity contribution in [3.63, 3.8) is 0 Å². The minimum absolute atomic E-state index is 0.0144. The molecule has 4 saturated heterocycles. The summed E-state index contributed by atoms with van der Waals surface area (Å²) in [5, 5.41) is 33.6. The average Bonchev–Trinajstić information content (AvgIpc) is 3.16. The molecule has 1 saturated carbocycles. The monoisotopic (exact) mass is 1180 g/mol. The maximum Gasteiger partial charge on any atom is 0.407 e. The van der Waals surface area contributed by atoms with Gasteiger partial charge in [-0.1, -0.05) is 217 Å². The Labute approximate surface area is 492 Å². The van der Waals surface area contributed by atoms with E-state index in [1.54, 1.807) is 0 Å². The average molecular weight is 1180 g/mol. The van der Waals surface area contributed by atoms with Gasteiger partial charge < -0.3 is 73.7 Å². The van der Waals surface area contributed by atoms with Crippen LogP contribution in [0.2, 0.25) is 10.1 Å². The van der Waals surface area contributed by atoms with Gasteiger partial charge in [0.1, 0.15) is 49.3 Å². The molecule has 0 bridgehead atoms. The number of rotatable bonds is 18. The molecule has 6 aromatic carbocycles. The number of hydrogen-bond donors (Lipinski definition) is 6. The van der Waals surface area contributed by atoms with Gasteiger partial charge in [0.25, 0.3) is 16.6 Å². The van der Waals surface area contributed by atoms with Crippen LogP contribution in [0.25, 0.3) is 0 Å². The molecule has 2 amide bonds. The zero-order chi connectivity index (χ0) is 58.8. The lowest BCUT2D eigenvalue weighted by Gasteiger charge is -2.50. The second-order valence-corrected chi connectivity index (χ2v) is 32.6. The fraction of sp³-hybridized carbons (Fsp3) is 0.415. The van der Waals surface area contributed by atoms with Crippen LogP contribution in [0.1, 0.15) is 64.9 Å². The quantitative estimate of drug-likeness (QED) is 0.0571. The molecule has 5 fully saturated rings. The van der Waals surface area contributed by atoms with Gasteiger partial charge in [-0.15, -0.1) is 0 Å². The van der Waals surface area contributed by atoms with Gasteiger partial charge in [-0.3, -0.25) is 0 Å². The Hall–Kier alpha value is -6.15. The maximum atomic E-state index is 13.9. The van der Waals surface area contributed by atoms with Crippen molar-refractivity contribution < 1.29 is 66.9 Å². The number of fused-ring (bicyclic) bond motifs is 2. The van der Waals surface area contributed by atoms with Crippen molar-refractivity contribution in [2.75, 3.05) is 13.2 Å². The van der Waals surface area contributed by atoms with Crippen LogP contribution < -0.4 is 37.1 Å². The summed E-state index contributed by atoms with van der Waals surface area (Å²) >= 11 is 0. The third kappa shape index (κ3) is 11.9. The van der Waals surface area contributed by atoms with E-state index in [0.29, 0.717) is 0 Å². The van der Waals surface area contributed by atoms with Crippen LogP contribution in [0.3, 0.4) is 0 Å². The van der Waals surface area contributed by atoms with Gasteiger partial charge in [-0.05, 0) is 49.2 Å². The number of carbonyl (C=O) groups is 2. The summed E-state index contributed by atoms with van der Waals surface area (Å²) in [5.41, 5.74) is 8.63. The lowest BCUT2D eigenvalue weighted by Crippen LogP contribution is -2.69. The van der Waals surface area contributed by atoms with Crippen molar-refractivity contribution in [2.24, 2.45) is 11.7 Å². The molecular formula is C65H77N3O14Si2. The highest BCUT2D eigenvalue weighted by Crippen LogP contribution is 2.48. The first-order chi connectivity index (χ1) is 40.4. The molecule has 7 N–H and O–H groups in total. The first-order valence-electron chi connectivity index (χ1n) is 29.0. The van der Waals surface area contributed by atoms with Crippen LogP contribution in [0.15, 0.2) is 182 Å². The molecule has 4 aliphatic heterocycles. The van der Waals surface area contributed by atoms with Crippen molar-refractivity contribution >= 4 is 49.6 Å². The van der Waals surface area contributed by atoms with Crippen LogP contribution in [-0.2, 0) is 48.9 Å². The number of hydrogen-bond acceptors (Lipinski definition) is 15. The van der Waals surface area contributed by atoms with Gasteiger partial charge >= 0.3 is 12.2 Å². The van der Waals surface area contributed by atoms with E-state index < -0.39 is 131 Å². The summed E-state index contributed by atoms with van der Waals surface area (Å²) in [6, 6.07) is 55.4. The van der Waals surface area contributed by atoms with Crippen LogP contribution >= 0.6 is 0 Å². The molecule has 6 aromatic rings. The van der Waals surface area contributed by atoms with Gasteiger partial charge in [0.2, 0.25) is 0 Å². The molecule has 1 aliphatic carbocycles.